The molecular formula is C19H40IN5O. The van der Waals surface area contributed by atoms with Crippen molar-refractivity contribution in [3.63, 3.8) is 0 Å². The predicted octanol–water partition coefficient (Wildman–Crippen LogP) is 2.67. The quantitative estimate of drug-likeness (QED) is 0.206. The van der Waals surface area contributed by atoms with Gasteiger partial charge in [0.25, 0.3) is 0 Å². The van der Waals surface area contributed by atoms with Gasteiger partial charge in [0, 0.05) is 32.6 Å². The van der Waals surface area contributed by atoms with Gasteiger partial charge in [-0.25, -0.2) is 0 Å². The number of nitrogens with zero attached hydrogens (tertiary/aromatic N) is 3. The number of nitrogens with one attached hydrogen (secondary N) is 1. The molecule has 1 atom stereocenters. The fourth-order valence-corrected chi connectivity index (χ4v) is 3.58. The first-order chi connectivity index (χ1) is 12.1. The molecule has 1 aliphatic heterocycles. The number of likely N-dealkylation sites (tertiary alicyclic amines) is 1. The Bertz CT molecular complexity index is 399. The summed E-state index contributed by atoms with van der Waals surface area (Å²) in [5.41, 5.74) is 5.37. The molecular weight excluding hydrogens is 441 g/mol. The van der Waals surface area contributed by atoms with Crippen molar-refractivity contribution in [3.8, 4) is 0 Å². The van der Waals surface area contributed by atoms with E-state index < -0.39 is 0 Å². The molecule has 1 saturated heterocycles. The molecule has 1 unspecified atom stereocenters. The maximum Gasteiger partial charge on any atom is 0.217 e. The minimum Gasteiger partial charge on any atom is -0.370 e. The number of hydrogen-bond donors (Lipinski definition) is 2. The highest BCUT2D eigenvalue weighted by Crippen LogP contribution is 2.19. The van der Waals surface area contributed by atoms with Crippen LogP contribution in [-0.2, 0) is 4.79 Å². The van der Waals surface area contributed by atoms with Crippen LogP contribution in [0.1, 0.15) is 59.3 Å². The number of halogens is 1. The normalized spacial score (nSPS) is 17.9. The Hall–Kier alpha value is -0.570. The summed E-state index contributed by atoms with van der Waals surface area (Å²) in [6, 6.07) is 0. The van der Waals surface area contributed by atoms with Gasteiger partial charge in [-0.05, 0) is 64.6 Å². The van der Waals surface area contributed by atoms with Crippen molar-refractivity contribution in [2.24, 2.45) is 16.6 Å². The fraction of sp³-hybridized carbons (Fsp3) is 0.895. The third-order valence-electron chi connectivity index (χ3n) is 4.62. The molecule has 0 radical (unpaired) electrons. The van der Waals surface area contributed by atoms with Gasteiger partial charge in [0.1, 0.15) is 0 Å². The molecule has 1 aliphatic rings. The predicted molar refractivity (Wildman–Crippen MR) is 121 cm³/mol. The molecule has 1 amide bonds. The van der Waals surface area contributed by atoms with Crippen molar-refractivity contribution in [1.29, 1.82) is 0 Å². The van der Waals surface area contributed by atoms with E-state index in [9.17, 15) is 4.79 Å². The van der Waals surface area contributed by atoms with Crippen LogP contribution in [-0.4, -0.2) is 67.5 Å². The lowest BCUT2D eigenvalue weighted by Gasteiger charge is -2.34. The lowest BCUT2D eigenvalue weighted by Crippen LogP contribution is -2.47. The highest BCUT2D eigenvalue weighted by Gasteiger charge is 2.23. The van der Waals surface area contributed by atoms with E-state index in [-0.39, 0.29) is 29.9 Å². The van der Waals surface area contributed by atoms with Crippen LogP contribution in [0.4, 0.5) is 0 Å². The Balaban J connectivity index is 0.00000625. The van der Waals surface area contributed by atoms with Gasteiger partial charge in [0.15, 0.2) is 5.96 Å². The van der Waals surface area contributed by atoms with E-state index in [0.717, 1.165) is 57.9 Å². The zero-order chi connectivity index (χ0) is 18.5. The lowest BCUT2D eigenvalue weighted by atomic mass is 9.95. The molecule has 3 N–H and O–H groups in total. The van der Waals surface area contributed by atoms with Gasteiger partial charge in [0.05, 0.1) is 0 Å². The van der Waals surface area contributed by atoms with Crippen LogP contribution >= 0.6 is 24.0 Å². The molecule has 0 aromatic carbocycles. The van der Waals surface area contributed by atoms with E-state index in [1.165, 1.54) is 25.9 Å². The topological polar surface area (TPSA) is 74.0 Å². The molecule has 0 aliphatic carbocycles. The summed E-state index contributed by atoms with van der Waals surface area (Å²) in [6.07, 6.45) is 6.18. The monoisotopic (exact) mass is 481 g/mol. The summed E-state index contributed by atoms with van der Waals surface area (Å²) in [5, 5.41) is 3.41. The maximum atomic E-state index is 11.2. The standard InChI is InChI=1S/C19H39N5O.HI/c1-4-11-23(12-5-2)13-8-10-22-19(21-6-3)24-14-7-9-17(16-24)15-18(20)25;/h17H,4-16H2,1-3H3,(H2,20,25)(H,21,22);1H. The van der Waals surface area contributed by atoms with Gasteiger partial charge in [-0.3, -0.25) is 9.79 Å². The number of primary amides is 1. The zero-order valence-electron chi connectivity index (χ0n) is 17.0. The number of amides is 1. The second-order valence-corrected chi connectivity index (χ2v) is 7.06. The Morgan fingerprint density at radius 3 is 2.50 bits per heavy atom. The first-order valence-corrected chi connectivity index (χ1v) is 10.1. The van der Waals surface area contributed by atoms with Crippen LogP contribution in [0.3, 0.4) is 0 Å². The van der Waals surface area contributed by atoms with E-state index in [4.69, 9.17) is 10.7 Å². The molecule has 154 valence electrons. The highest BCUT2D eigenvalue weighted by molar-refractivity contribution is 14.0. The summed E-state index contributed by atoms with van der Waals surface area (Å²) >= 11 is 0. The minimum absolute atomic E-state index is 0. The van der Waals surface area contributed by atoms with E-state index in [2.05, 4.69) is 35.9 Å². The number of guanidine groups is 1. The van der Waals surface area contributed by atoms with Crippen molar-refractivity contribution in [2.45, 2.75) is 59.3 Å². The number of carbonyl (C=O) groups is 1. The summed E-state index contributed by atoms with van der Waals surface area (Å²) < 4.78 is 0. The van der Waals surface area contributed by atoms with Crippen LogP contribution in [0.25, 0.3) is 0 Å². The maximum absolute atomic E-state index is 11.2. The third kappa shape index (κ3) is 10.5. The van der Waals surface area contributed by atoms with Crippen LogP contribution in [0.15, 0.2) is 4.99 Å². The van der Waals surface area contributed by atoms with Crippen molar-refractivity contribution < 1.29 is 4.79 Å². The molecule has 0 aromatic heterocycles. The highest BCUT2D eigenvalue weighted by atomic mass is 127. The fourth-order valence-electron chi connectivity index (χ4n) is 3.58. The third-order valence-corrected chi connectivity index (χ3v) is 4.62. The Morgan fingerprint density at radius 1 is 1.23 bits per heavy atom. The Kier molecular flexibility index (Phi) is 15.1. The van der Waals surface area contributed by atoms with Crippen molar-refractivity contribution in [2.75, 3.05) is 45.8 Å². The van der Waals surface area contributed by atoms with E-state index in [1.807, 2.05) is 0 Å². The second-order valence-electron chi connectivity index (χ2n) is 7.06. The van der Waals surface area contributed by atoms with Crippen molar-refractivity contribution in [1.82, 2.24) is 15.1 Å². The number of carbonyl (C=O) groups excluding carboxylic acids is 1. The smallest absolute Gasteiger partial charge is 0.217 e. The van der Waals surface area contributed by atoms with Gasteiger partial charge in [-0.1, -0.05) is 13.8 Å². The van der Waals surface area contributed by atoms with E-state index in [0.29, 0.717) is 12.3 Å². The lowest BCUT2D eigenvalue weighted by molar-refractivity contribution is -0.119. The first-order valence-electron chi connectivity index (χ1n) is 10.1. The average Bonchev–Trinajstić information content (AvgIpc) is 2.57. The largest absolute Gasteiger partial charge is 0.370 e. The SMILES string of the molecule is CCCN(CCC)CCCN=C(NCC)N1CCCC(CC(N)=O)C1.I. The molecule has 1 fully saturated rings. The van der Waals surface area contributed by atoms with Crippen LogP contribution < -0.4 is 11.1 Å². The molecule has 1 heterocycles. The molecule has 0 bridgehead atoms. The Labute approximate surface area is 177 Å². The first kappa shape index (κ1) is 25.4. The molecule has 0 saturated carbocycles. The van der Waals surface area contributed by atoms with Crippen molar-refractivity contribution >= 4 is 35.8 Å². The van der Waals surface area contributed by atoms with Gasteiger partial charge in [-0.15, -0.1) is 24.0 Å². The van der Waals surface area contributed by atoms with Crippen molar-refractivity contribution in [3.05, 3.63) is 0 Å². The van der Waals surface area contributed by atoms with Crippen LogP contribution in [0.2, 0.25) is 0 Å². The van der Waals surface area contributed by atoms with E-state index in [1.54, 1.807) is 0 Å². The zero-order valence-corrected chi connectivity index (χ0v) is 19.3. The molecule has 0 aromatic rings. The molecule has 6 nitrogen and oxygen atoms in total. The minimum atomic E-state index is -0.194. The van der Waals surface area contributed by atoms with Gasteiger partial charge in [0.2, 0.25) is 5.91 Å². The molecule has 7 heteroatoms. The molecule has 0 spiro atoms. The Morgan fingerprint density at radius 2 is 1.92 bits per heavy atom. The number of rotatable bonds is 11. The summed E-state index contributed by atoms with van der Waals surface area (Å²) in [7, 11) is 0. The van der Waals surface area contributed by atoms with Crippen LogP contribution in [0, 0.1) is 5.92 Å². The molecule has 26 heavy (non-hydrogen) atoms. The second kappa shape index (κ2) is 15.5. The summed E-state index contributed by atoms with van der Waals surface area (Å²) in [6.45, 7) is 13.7. The number of aliphatic imine (C=N–C) groups is 1. The van der Waals surface area contributed by atoms with Crippen LogP contribution in [0.5, 0.6) is 0 Å². The summed E-state index contributed by atoms with van der Waals surface area (Å²) in [4.78, 5) is 20.9. The van der Waals surface area contributed by atoms with E-state index >= 15 is 0 Å². The average molecular weight is 481 g/mol. The molecule has 1 rings (SSSR count). The number of nitrogens with two attached hydrogens (primary N) is 1. The van der Waals surface area contributed by atoms with Gasteiger partial charge in [-0.2, -0.15) is 0 Å². The number of hydrogen-bond acceptors (Lipinski definition) is 3. The summed E-state index contributed by atoms with van der Waals surface area (Å²) in [5.74, 6) is 1.16. The van der Waals surface area contributed by atoms with Gasteiger partial charge < -0.3 is 20.9 Å². The van der Waals surface area contributed by atoms with Gasteiger partial charge >= 0.3 is 0 Å². The number of piperidine rings is 1.